The summed E-state index contributed by atoms with van der Waals surface area (Å²) in [6, 6.07) is 10.6. The van der Waals surface area contributed by atoms with Crippen LogP contribution in [0.2, 0.25) is 0 Å². The number of hydrogen-bond acceptors (Lipinski definition) is 3. The van der Waals surface area contributed by atoms with Gasteiger partial charge in [0.2, 0.25) is 11.8 Å². The molecule has 2 aliphatic heterocycles. The van der Waals surface area contributed by atoms with Gasteiger partial charge in [-0.25, -0.2) is 8.78 Å². The van der Waals surface area contributed by atoms with E-state index in [-0.39, 0.29) is 23.3 Å². The van der Waals surface area contributed by atoms with Crippen LogP contribution >= 0.6 is 0 Å². The molecule has 0 bridgehead atoms. The monoisotopic (exact) mass is 439 g/mol. The third-order valence-electron chi connectivity index (χ3n) is 5.74. The molecule has 166 valence electrons. The molecule has 6 nitrogen and oxygen atoms in total. The molecule has 0 unspecified atom stereocenters. The van der Waals surface area contributed by atoms with E-state index in [1.807, 2.05) is 24.3 Å². The molecule has 2 heterocycles. The number of benzene rings is 2. The number of anilines is 1. The van der Waals surface area contributed by atoms with Crippen LogP contribution in [0.3, 0.4) is 0 Å². The van der Waals surface area contributed by atoms with Gasteiger partial charge in [-0.3, -0.25) is 14.4 Å². The Hall–Kier alpha value is -3.55. The van der Waals surface area contributed by atoms with Gasteiger partial charge in [-0.15, -0.1) is 0 Å². The normalized spacial score (nSPS) is 16.8. The van der Waals surface area contributed by atoms with Gasteiger partial charge in [-0.2, -0.15) is 0 Å². The van der Waals surface area contributed by atoms with E-state index >= 15 is 0 Å². The number of carbonyl (C=O) groups excluding carboxylic acids is 3. The lowest BCUT2D eigenvalue weighted by molar-refractivity contribution is -0.127. The van der Waals surface area contributed by atoms with Gasteiger partial charge in [0.15, 0.2) is 11.6 Å². The summed E-state index contributed by atoms with van der Waals surface area (Å²) in [6.45, 7) is 2.08. The molecule has 0 aliphatic carbocycles. The smallest absolute Gasteiger partial charge is 0.254 e. The second-order valence-corrected chi connectivity index (χ2v) is 7.82. The average Bonchev–Trinajstić information content (AvgIpc) is 3.25. The average molecular weight is 439 g/mol. The summed E-state index contributed by atoms with van der Waals surface area (Å²) in [4.78, 5) is 41.8. The van der Waals surface area contributed by atoms with Gasteiger partial charge in [0.25, 0.3) is 5.91 Å². The Balaban J connectivity index is 1.30. The fourth-order valence-corrected chi connectivity index (χ4v) is 3.90. The van der Waals surface area contributed by atoms with Crippen LogP contribution in [-0.4, -0.2) is 60.2 Å². The van der Waals surface area contributed by atoms with Gasteiger partial charge in [0.05, 0.1) is 0 Å². The first-order valence-corrected chi connectivity index (χ1v) is 10.5. The van der Waals surface area contributed by atoms with Crippen molar-refractivity contribution in [1.82, 2.24) is 9.80 Å². The van der Waals surface area contributed by atoms with Crippen molar-refractivity contribution in [2.24, 2.45) is 0 Å². The number of nitrogens with zero attached hydrogens (tertiary/aromatic N) is 3. The molecule has 0 atom stereocenters. The highest BCUT2D eigenvalue weighted by Gasteiger charge is 2.25. The van der Waals surface area contributed by atoms with E-state index in [9.17, 15) is 23.2 Å². The summed E-state index contributed by atoms with van der Waals surface area (Å²) in [6.07, 6.45) is 4.66. The minimum absolute atomic E-state index is 0.0858. The van der Waals surface area contributed by atoms with Crippen molar-refractivity contribution >= 4 is 29.5 Å². The van der Waals surface area contributed by atoms with Crippen molar-refractivity contribution in [2.75, 3.05) is 37.6 Å². The predicted octanol–water partition coefficient (Wildman–Crippen LogP) is 3.09. The van der Waals surface area contributed by atoms with E-state index in [0.29, 0.717) is 32.6 Å². The topological polar surface area (TPSA) is 60.9 Å². The molecule has 8 heteroatoms. The van der Waals surface area contributed by atoms with Crippen molar-refractivity contribution in [2.45, 2.75) is 12.8 Å². The fraction of sp³-hybridized carbons (Fsp3) is 0.292. The second-order valence-electron chi connectivity index (χ2n) is 7.82. The number of halogens is 2. The second kappa shape index (κ2) is 9.30. The molecule has 2 aromatic carbocycles. The summed E-state index contributed by atoms with van der Waals surface area (Å²) in [5.74, 6) is -2.48. The van der Waals surface area contributed by atoms with Crippen molar-refractivity contribution in [3.05, 3.63) is 71.3 Å². The van der Waals surface area contributed by atoms with Crippen LogP contribution in [0.1, 0.15) is 28.8 Å². The van der Waals surface area contributed by atoms with Crippen LogP contribution in [0.5, 0.6) is 0 Å². The molecule has 0 N–H and O–H groups in total. The summed E-state index contributed by atoms with van der Waals surface area (Å²) in [5, 5.41) is 0. The van der Waals surface area contributed by atoms with Gasteiger partial charge in [0, 0.05) is 56.5 Å². The maximum Gasteiger partial charge on any atom is 0.254 e. The number of rotatable bonds is 4. The van der Waals surface area contributed by atoms with Crippen LogP contribution in [0, 0.1) is 11.6 Å². The van der Waals surface area contributed by atoms with E-state index in [0.717, 1.165) is 36.3 Å². The number of carbonyl (C=O) groups is 3. The largest absolute Gasteiger partial charge is 0.336 e. The van der Waals surface area contributed by atoms with Gasteiger partial charge >= 0.3 is 0 Å². The molecule has 0 spiro atoms. The van der Waals surface area contributed by atoms with E-state index < -0.39 is 11.6 Å². The molecular weight excluding hydrogens is 416 g/mol. The molecule has 2 aliphatic rings. The molecule has 0 aromatic heterocycles. The highest BCUT2D eigenvalue weighted by molar-refractivity contribution is 5.96. The predicted molar refractivity (Wildman–Crippen MR) is 116 cm³/mol. The summed E-state index contributed by atoms with van der Waals surface area (Å²) in [5.41, 5.74) is 1.79. The zero-order chi connectivity index (χ0) is 22.7. The summed E-state index contributed by atoms with van der Waals surface area (Å²) < 4.78 is 26.5. The molecular formula is C24H23F2N3O3. The molecule has 32 heavy (non-hydrogen) atoms. The minimum atomic E-state index is -1.06. The van der Waals surface area contributed by atoms with Crippen LogP contribution < -0.4 is 4.90 Å². The maximum absolute atomic E-state index is 13.4. The first-order valence-electron chi connectivity index (χ1n) is 10.5. The van der Waals surface area contributed by atoms with Gasteiger partial charge < -0.3 is 14.7 Å². The Labute approximate surface area is 184 Å². The molecule has 0 radical (unpaired) electrons. The quantitative estimate of drug-likeness (QED) is 0.688. The number of hydrogen-bond donors (Lipinski definition) is 0. The standard InChI is InChI=1S/C24H23F2N3O3/c25-20-9-6-18(16-21(20)26)24(32)28-14-12-27(13-15-28)22(30)10-5-17-3-7-19(8-4-17)29-11-1-2-23(29)31/h3-10,16H,1-2,11-15H2/b10-5+. The molecule has 4 rings (SSSR count). The SMILES string of the molecule is O=C(/C=C/c1ccc(N2CCCC2=O)cc1)N1CCN(C(=O)c2ccc(F)c(F)c2)CC1. The molecule has 0 saturated carbocycles. The Morgan fingerprint density at radius 1 is 0.844 bits per heavy atom. The Morgan fingerprint density at radius 2 is 1.53 bits per heavy atom. The van der Waals surface area contributed by atoms with Gasteiger partial charge in [-0.05, 0) is 48.4 Å². The molecule has 2 fully saturated rings. The number of amides is 3. The zero-order valence-corrected chi connectivity index (χ0v) is 17.5. The van der Waals surface area contributed by atoms with Crippen LogP contribution in [0.15, 0.2) is 48.5 Å². The van der Waals surface area contributed by atoms with E-state index in [1.165, 1.54) is 17.0 Å². The first-order chi connectivity index (χ1) is 15.4. The Kier molecular flexibility index (Phi) is 6.30. The highest BCUT2D eigenvalue weighted by Crippen LogP contribution is 2.22. The van der Waals surface area contributed by atoms with Crippen LogP contribution in [0.4, 0.5) is 14.5 Å². The van der Waals surface area contributed by atoms with Crippen molar-refractivity contribution in [3.8, 4) is 0 Å². The lowest BCUT2D eigenvalue weighted by atomic mass is 10.1. The minimum Gasteiger partial charge on any atom is -0.336 e. The summed E-state index contributed by atoms with van der Waals surface area (Å²) in [7, 11) is 0. The first kappa shape index (κ1) is 21.7. The van der Waals surface area contributed by atoms with Crippen LogP contribution in [0.25, 0.3) is 6.08 Å². The summed E-state index contributed by atoms with van der Waals surface area (Å²) >= 11 is 0. The third kappa shape index (κ3) is 4.69. The van der Waals surface area contributed by atoms with Crippen molar-refractivity contribution < 1.29 is 23.2 Å². The van der Waals surface area contributed by atoms with Crippen LogP contribution in [-0.2, 0) is 9.59 Å². The van der Waals surface area contributed by atoms with Crippen molar-refractivity contribution in [3.63, 3.8) is 0 Å². The van der Waals surface area contributed by atoms with E-state index in [4.69, 9.17) is 0 Å². The third-order valence-corrected chi connectivity index (χ3v) is 5.74. The Morgan fingerprint density at radius 3 is 2.16 bits per heavy atom. The van der Waals surface area contributed by atoms with Gasteiger partial charge in [-0.1, -0.05) is 12.1 Å². The van der Waals surface area contributed by atoms with Gasteiger partial charge in [0.1, 0.15) is 0 Å². The number of piperazine rings is 1. The fourth-order valence-electron chi connectivity index (χ4n) is 3.90. The molecule has 2 saturated heterocycles. The van der Waals surface area contributed by atoms with Crippen molar-refractivity contribution in [1.29, 1.82) is 0 Å². The zero-order valence-electron chi connectivity index (χ0n) is 17.5. The van der Waals surface area contributed by atoms with E-state index in [2.05, 4.69) is 0 Å². The Bertz CT molecular complexity index is 1060. The maximum atomic E-state index is 13.4. The highest BCUT2D eigenvalue weighted by atomic mass is 19.2. The lowest BCUT2D eigenvalue weighted by Gasteiger charge is -2.34. The van der Waals surface area contributed by atoms with E-state index in [1.54, 1.807) is 15.9 Å². The molecule has 2 aromatic rings. The lowest BCUT2D eigenvalue weighted by Crippen LogP contribution is -2.50. The molecule has 3 amide bonds.